The number of hydrogen-bond donors (Lipinski definition) is 2. The van der Waals surface area contributed by atoms with Crippen molar-refractivity contribution in [3.05, 3.63) is 12.5 Å². The first-order chi connectivity index (χ1) is 7.16. The lowest BCUT2D eigenvalue weighted by Gasteiger charge is -2.07. The molecule has 1 atom stereocenters. The maximum atomic E-state index is 8.96. The van der Waals surface area contributed by atoms with Crippen LogP contribution in [0.3, 0.4) is 0 Å². The molecule has 2 heterocycles. The van der Waals surface area contributed by atoms with E-state index in [-0.39, 0.29) is 12.7 Å². The van der Waals surface area contributed by atoms with Crippen LogP contribution in [0.25, 0.3) is 11.2 Å². The number of rotatable bonds is 3. The highest BCUT2D eigenvalue weighted by Crippen LogP contribution is 2.09. The minimum atomic E-state index is -0.832. The zero-order valence-corrected chi connectivity index (χ0v) is 8.16. The van der Waals surface area contributed by atoms with Gasteiger partial charge in [0, 0.05) is 0 Å². The van der Waals surface area contributed by atoms with Crippen molar-refractivity contribution in [2.45, 2.75) is 19.9 Å². The maximum Gasteiger partial charge on any atom is 0.222 e. The van der Waals surface area contributed by atoms with Crippen LogP contribution in [-0.4, -0.2) is 30.9 Å². The zero-order valence-electron chi connectivity index (χ0n) is 8.16. The minimum absolute atomic E-state index is 0.171. The van der Waals surface area contributed by atoms with E-state index in [1.807, 2.05) is 0 Å². The summed E-state index contributed by atoms with van der Waals surface area (Å²) in [5.74, 6) is 0.182. The van der Waals surface area contributed by atoms with Crippen LogP contribution in [0, 0.1) is 0 Å². The van der Waals surface area contributed by atoms with Crippen LogP contribution in [0.4, 0.5) is 5.95 Å². The van der Waals surface area contributed by atoms with Crippen LogP contribution >= 0.6 is 0 Å². The summed E-state index contributed by atoms with van der Waals surface area (Å²) in [6.45, 7) is 1.70. The molecule has 0 spiro atoms. The van der Waals surface area contributed by atoms with E-state index in [0.29, 0.717) is 11.2 Å². The molecule has 2 aromatic heterocycles. The fourth-order valence-electron chi connectivity index (χ4n) is 1.15. The summed E-state index contributed by atoms with van der Waals surface area (Å²) in [6, 6.07) is 0. The molecular formula is C8H11N5O2. The van der Waals surface area contributed by atoms with E-state index >= 15 is 0 Å². The van der Waals surface area contributed by atoms with Crippen molar-refractivity contribution in [2.24, 2.45) is 0 Å². The van der Waals surface area contributed by atoms with E-state index in [1.165, 1.54) is 13.1 Å². The first kappa shape index (κ1) is 9.81. The quantitative estimate of drug-likeness (QED) is 0.674. The Hall–Kier alpha value is -1.73. The molecule has 0 aliphatic rings. The van der Waals surface area contributed by atoms with Crippen LogP contribution in [0.2, 0.25) is 0 Å². The summed E-state index contributed by atoms with van der Waals surface area (Å²) in [5.41, 5.74) is 6.68. The second kappa shape index (κ2) is 3.79. The lowest BCUT2D eigenvalue weighted by atomic mass is 10.5. The minimum Gasteiger partial charge on any atom is -0.368 e. The third-order valence-corrected chi connectivity index (χ3v) is 1.83. The van der Waals surface area contributed by atoms with Gasteiger partial charge < -0.3 is 15.6 Å². The molecule has 7 nitrogen and oxygen atoms in total. The van der Waals surface area contributed by atoms with E-state index in [1.54, 1.807) is 10.9 Å². The molecule has 0 saturated heterocycles. The molecule has 2 aromatic rings. The van der Waals surface area contributed by atoms with Crippen molar-refractivity contribution in [3.8, 4) is 0 Å². The first-order valence-electron chi connectivity index (χ1n) is 4.40. The highest BCUT2D eigenvalue weighted by Gasteiger charge is 2.05. The Morgan fingerprint density at radius 2 is 2.40 bits per heavy atom. The van der Waals surface area contributed by atoms with Gasteiger partial charge in [0.2, 0.25) is 5.95 Å². The average molecular weight is 209 g/mol. The number of aliphatic hydroxyl groups excluding tert-OH is 1. The monoisotopic (exact) mass is 209 g/mol. The van der Waals surface area contributed by atoms with Crippen LogP contribution in [0.1, 0.15) is 6.92 Å². The van der Waals surface area contributed by atoms with Crippen molar-refractivity contribution in [1.82, 2.24) is 19.5 Å². The number of nitrogens with zero attached hydrogens (tertiary/aromatic N) is 4. The fourth-order valence-corrected chi connectivity index (χ4v) is 1.15. The van der Waals surface area contributed by atoms with Gasteiger partial charge in [-0.25, -0.2) is 9.97 Å². The van der Waals surface area contributed by atoms with E-state index in [9.17, 15) is 0 Å². The third kappa shape index (κ3) is 2.03. The van der Waals surface area contributed by atoms with Gasteiger partial charge >= 0.3 is 0 Å². The predicted molar refractivity (Wildman–Crippen MR) is 52.5 cm³/mol. The molecule has 0 bridgehead atoms. The van der Waals surface area contributed by atoms with E-state index < -0.39 is 6.29 Å². The molecule has 3 N–H and O–H groups in total. The van der Waals surface area contributed by atoms with Gasteiger partial charge in [0.25, 0.3) is 0 Å². The SMILES string of the molecule is CC(O)OCn1cnc2cnc(N)nc21. The Bertz CT molecular complexity index is 467. The number of fused-ring (bicyclic) bond motifs is 1. The molecule has 0 saturated carbocycles. The molecule has 0 fully saturated rings. The summed E-state index contributed by atoms with van der Waals surface area (Å²) >= 11 is 0. The maximum absolute atomic E-state index is 8.96. The number of hydrogen-bond acceptors (Lipinski definition) is 6. The summed E-state index contributed by atoms with van der Waals surface area (Å²) in [4.78, 5) is 11.9. The van der Waals surface area contributed by atoms with Crippen molar-refractivity contribution in [3.63, 3.8) is 0 Å². The van der Waals surface area contributed by atoms with Crippen LogP contribution in [-0.2, 0) is 11.5 Å². The van der Waals surface area contributed by atoms with Crippen LogP contribution in [0.15, 0.2) is 12.5 Å². The number of nitrogen functional groups attached to an aromatic ring is 1. The number of aromatic nitrogens is 4. The second-order valence-corrected chi connectivity index (χ2v) is 3.05. The largest absolute Gasteiger partial charge is 0.368 e. The molecule has 0 amide bonds. The highest BCUT2D eigenvalue weighted by molar-refractivity contribution is 5.70. The second-order valence-electron chi connectivity index (χ2n) is 3.05. The van der Waals surface area contributed by atoms with E-state index in [2.05, 4.69) is 15.0 Å². The Morgan fingerprint density at radius 3 is 3.13 bits per heavy atom. The predicted octanol–water partition coefficient (Wildman–Crippen LogP) is -0.279. The normalized spacial score (nSPS) is 13.2. The average Bonchev–Trinajstić information content (AvgIpc) is 2.57. The highest BCUT2D eigenvalue weighted by atomic mass is 16.6. The van der Waals surface area contributed by atoms with Crippen molar-refractivity contribution < 1.29 is 9.84 Å². The van der Waals surface area contributed by atoms with Gasteiger partial charge in [-0.1, -0.05) is 0 Å². The number of nitrogens with two attached hydrogens (primary N) is 1. The Kier molecular flexibility index (Phi) is 2.48. The molecule has 0 aromatic carbocycles. The summed E-state index contributed by atoms with van der Waals surface area (Å²) in [7, 11) is 0. The van der Waals surface area contributed by atoms with Gasteiger partial charge in [0.05, 0.1) is 12.5 Å². The van der Waals surface area contributed by atoms with Crippen LogP contribution in [0.5, 0.6) is 0 Å². The van der Waals surface area contributed by atoms with E-state index in [4.69, 9.17) is 15.6 Å². The number of ether oxygens (including phenoxy) is 1. The number of imidazole rings is 1. The van der Waals surface area contributed by atoms with Crippen LogP contribution < -0.4 is 5.73 Å². The van der Waals surface area contributed by atoms with E-state index in [0.717, 1.165) is 0 Å². The van der Waals surface area contributed by atoms with Gasteiger partial charge in [-0.15, -0.1) is 0 Å². The summed E-state index contributed by atoms with van der Waals surface area (Å²) in [5, 5.41) is 8.96. The Morgan fingerprint density at radius 1 is 1.60 bits per heavy atom. The molecule has 0 radical (unpaired) electrons. The van der Waals surface area contributed by atoms with Gasteiger partial charge in [-0.05, 0) is 6.92 Å². The summed E-state index contributed by atoms with van der Waals surface area (Å²) < 4.78 is 6.65. The molecular weight excluding hydrogens is 198 g/mol. The van der Waals surface area contributed by atoms with Crippen molar-refractivity contribution >= 4 is 17.1 Å². The third-order valence-electron chi connectivity index (χ3n) is 1.83. The Labute approximate surface area is 85.5 Å². The van der Waals surface area contributed by atoms with Gasteiger partial charge in [-0.3, -0.25) is 4.57 Å². The molecule has 7 heteroatoms. The molecule has 0 aliphatic carbocycles. The topological polar surface area (TPSA) is 99.1 Å². The molecule has 2 rings (SSSR count). The lowest BCUT2D eigenvalue weighted by Crippen LogP contribution is -2.10. The number of anilines is 1. The van der Waals surface area contributed by atoms with Gasteiger partial charge in [-0.2, -0.15) is 4.98 Å². The lowest BCUT2D eigenvalue weighted by molar-refractivity contribution is -0.111. The first-order valence-corrected chi connectivity index (χ1v) is 4.40. The molecule has 80 valence electrons. The zero-order chi connectivity index (χ0) is 10.8. The van der Waals surface area contributed by atoms with Gasteiger partial charge in [0.15, 0.2) is 11.9 Å². The van der Waals surface area contributed by atoms with Crippen molar-refractivity contribution in [1.29, 1.82) is 0 Å². The summed E-state index contributed by atoms with van der Waals surface area (Å²) in [6.07, 6.45) is 2.26. The Balaban J connectivity index is 2.31. The van der Waals surface area contributed by atoms with Crippen molar-refractivity contribution in [2.75, 3.05) is 5.73 Å². The molecule has 15 heavy (non-hydrogen) atoms. The molecule has 1 unspecified atom stereocenters. The smallest absolute Gasteiger partial charge is 0.222 e. The number of aliphatic hydroxyl groups is 1. The standard InChI is InChI=1S/C8H11N5O2/c1-5(14)15-4-13-3-11-6-2-10-8(9)12-7(6)13/h2-3,5,14H,4H2,1H3,(H2,9,10,12). The fraction of sp³-hybridized carbons (Fsp3) is 0.375. The molecule has 0 aliphatic heterocycles. The van der Waals surface area contributed by atoms with Gasteiger partial charge in [0.1, 0.15) is 12.2 Å².